The third-order valence-electron chi connectivity index (χ3n) is 15.1. The van der Waals surface area contributed by atoms with E-state index in [1.54, 1.807) is 6.92 Å². The van der Waals surface area contributed by atoms with Crippen molar-refractivity contribution in [2.75, 3.05) is 0 Å². The third-order valence-corrected chi connectivity index (χ3v) is 15.1. The van der Waals surface area contributed by atoms with E-state index >= 15 is 0 Å². The van der Waals surface area contributed by atoms with Gasteiger partial charge in [0.05, 0.1) is 36.6 Å². The van der Waals surface area contributed by atoms with Crippen LogP contribution in [0.4, 0.5) is 0 Å². The van der Waals surface area contributed by atoms with Crippen molar-refractivity contribution >= 4 is 24.9 Å². The van der Waals surface area contributed by atoms with Crippen LogP contribution in [0.15, 0.2) is 12.2 Å². The SMILES string of the molecule is CC(C)CC(=O)O[C@H](C)[C@@H]1C/C=C\CC[C@H](O)C(C)(C)[C@@H]2CC[C@@H](C)[C@]3(O2)O[B-]24O[C@@H](C(=O)O1)[C@@]1(O[C@@H](CC[C@H]1C)C(C)(C)[C@H](O)CCC[C@@H]1C[C@H](OC(=O)[C@@H]3O2)[C@@H](C)O1)O4. The van der Waals surface area contributed by atoms with Crippen molar-refractivity contribution < 1.29 is 71.6 Å². The molecular weight excluding hydrogens is 791 g/mol. The number of hydrogen-bond acceptors (Lipinski definition) is 15. The highest BCUT2D eigenvalue weighted by Gasteiger charge is 2.73. The molecule has 346 valence electrons. The summed E-state index contributed by atoms with van der Waals surface area (Å²) in [5.41, 5.74) is -1.65. The monoisotopic (exact) mass is 863 g/mol. The summed E-state index contributed by atoms with van der Waals surface area (Å²) in [6.07, 6.45) is 0.342. The summed E-state index contributed by atoms with van der Waals surface area (Å²) < 4.78 is 66.0. The lowest BCUT2D eigenvalue weighted by Crippen LogP contribution is -2.61. The largest absolute Gasteiger partial charge is 0.536 e. The molecule has 7 heterocycles. The molecule has 0 aromatic carbocycles. The number of aliphatic hydroxyl groups is 2. The summed E-state index contributed by atoms with van der Waals surface area (Å²) in [4.78, 5) is 42.7. The molecule has 9 bridgehead atoms. The Morgan fingerprint density at radius 3 is 1.92 bits per heavy atom. The molecule has 7 aliphatic heterocycles. The number of carbonyl (C=O) groups is 3. The summed E-state index contributed by atoms with van der Waals surface area (Å²) in [5, 5.41) is 23.6. The molecule has 16 atom stereocenters. The molecule has 3 spiro atoms. The minimum Gasteiger partial charge on any atom is -0.504 e. The van der Waals surface area contributed by atoms with Gasteiger partial charge in [-0.1, -0.05) is 67.5 Å². The quantitative estimate of drug-likeness (QED) is 0.146. The van der Waals surface area contributed by atoms with E-state index in [9.17, 15) is 24.6 Å². The third kappa shape index (κ3) is 8.97. The number of aliphatic hydroxyl groups excluding tert-OH is 2. The number of esters is 3. The number of hydrogen-bond donors (Lipinski definition) is 2. The summed E-state index contributed by atoms with van der Waals surface area (Å²) in [6.45, 7) is 15.4. The van der Waals surface area contributed by atoms with Gasteiger partial charge in [0, 0.05) is 41.9 Å². The van der Waals surface area contributed by atoms with E-state index in [1.165, 1.54) is 0 Å². The molecule has 16 heteroatoms. The Morgan fingerprint density at radius 1 is 0.787 bits per heavy atom. The Bertz CT molecular complexity index is 1640. The van der Waals surface area contributed by atoms with Crippen molar-refractivity contribution in [2.24, 2.45) is 28.6 Å². The topological polar surface area (TPSA) is 184 Å². The zero-order chi connectivity index (χ0) is 44.3. The van der Waals surface area contributed by atoms with Gasteiger partial charge in [-0.05, 0) is 77.6 Å². The van der Waals surface area contributed by atoms with Gasteiger partial charge in [-0.2, -0.15) is 0 Å². The van der Waals surface area contributed by atoms with Crippen molar-refractivity contribution in [2.45, 2.75) is 225 Å². The molecule has 15 nitrogen and oxygen atoms in total. The number of fused-ring (bicyclic) bond motifs is 6. The smallest absolute Gasteiger partial charge is 0.504 e. The van der Waals surface area contributed by atoms with E-state index in [1.807, 2.05) is 74.5 Å². The summed E-state index contributed by atoms with van der Waals surface area (Å²) in [6, 6.07) is 0. The minimum absolute atomic E-state index is 0.0542. The van der Waals surface area contributed by atoms with Crippen LogP contribution in [0.1, 0.15) is 146 Å². The molecule has 7 rings (SSSR count). The Kier molecular flexibility index (Phi) is 13.6. The molecule has 0 amide bonds. The lowest BCUT2D eigenvalue weighted by Gasteiger charge is -2.52. The number of allylic oxidation sites excluding steroid dienone is 1. The summed E-state index contributed by atoms with van der Waals surface area (Å²) in [5.74, 6) is -6.72. The first kappa shape index (κ1) is 46.8. The Hall–Kier alpha value is -2.15. The number of ether oxygens (including phenoxy) is 6. The van der Waals surface area contributed by atoms with Gasteiger partial charge in [-0.25, -0.2) is 9.59 Å². The maximum Gasteiger partial charge on any atom is 0.536 e. The average Bonchev–Trinajstić information content (AvgIpc) is 3.81. The first-order chi connectivity index (χ1) is 28.6. The first-order valence-corrected chi connectivity index (χ1v) is 23.1. The maximum atomic E-state index is 15.0. The van der Waals surface area contributed by atoms with Crippen LogP contribution in [-0.4, -0.2) is 114 Å². The molecule has 6 saturated heterocycles. The fourth-order valence-electron chi connectivity index (χ4n) is 10.6. The minimum atomic E-state index is -3.51. The molecule has 0 aromatic rings. The van der Waals surface area contributed by atoms with Gasteiger partial charge in [0.2, 0.25) is 0 Å². The molecule has 6 fully saturated rings. The van der Waals surface area contributed by atoms with Gasteiger partial charge in [0.25, 0.3) is 0 Å². The zero-order valence-electron chi connectivity index (χ0n) is 38.0. The van der Waals surface area contributed by atoms with E-state index in [2.05, 4.69) is 0 Å². The van der Waals surface area contributed by atoms with Crippen molar-refractivity contribution in [3.05, 3.63) is 12.2 Å². The summed E-state index contributed by atoms with van der Waals surface area (Å²) in [7, 11) is 0. The van der Waals surface area contributed by atoms with E-state index < -0.39 is 120 Å². The molecule has 7 aliphatic rings. The number of carbonyl (C=O) groups excluding carboxylic acids is 3. The predicted molar refractivity (Wildman–Crippen MR) is 220 cm³/mol. The van der Waals surface area contributed by atoms with Gasteiger partial charge in [-0.3, -0.25) is 4.79 Å². The Labute approximate surface area is 361 Å². The predicted octanol–water partition coefficient (Wildman–Crippen LogP) is 5.95. The van der Waals surface area contributed by atoms with E-state index in [0.29, 0.717) is 64.2 Å². The molecular formula is C45H72BO15-. The van der Waals surface area contributed by atoms with Crippen LogP contribution in [-0.2, 0) is 61.4 Å². The first-order valence-electron chi connectivity index (χ1n) is 23.1. The molecule has 61 heavy (non-hydrogen) atoms. The highest BCUT2D eigenvalue weighted by atomic mass is 17.0. The van der Waals surface area contributed by atoms with Crippen molar-refractivity contribution in [3.8, 4) is 0 Å². The fourth-order valence-corrected chi connectivity index (χ4v) is 10.6. The van der Waals surface area contributed by atoms with Gasteiger partial charge < -0.3 is 57.3 Å². The van der Waals surface area contributed by atoms with Crippen molar-refractivity contribution in [3.63, 3.8) is 0 Å². The average molecular weight is 864 g/mol. The van der Waals surface area contributed by atoms with Crippen LogP contribution in [0.3, 0.4) is 0 Å². The summed E-state index contributed by atoms with van der Waals surface area (Å²) >= 11 is 0. The lowest BCUT2D eigenvalue weighted by molar-refractivity contribution is -0.311. The second kappa shape index (κ2) is 17.7. The van der Waals surface area contributed by atoms with Gasteiger partial charge in [0.15, 0.2) is 23.8 Å². The van der Waals surface area contributed by atoms with Gasteiger partial charge in [-0.15, -0.1) is 0 Å². The highest BCUT2D eigenvalue weighted by molar-refractivity contribution is 6.56. The second-order valence-corrected chi connectivity index (χ2v) is 20.8. The van der Waals surface area contributed by atoms with Crippen LogP contribution >= 0.6 is 0 Å². The molecule has 0 saturated carbocycles. The van der Waals surface area contributed by atoms with Crippen LogP contribution in [0.25, 0.3) is 0 Å². The van der Waals surface area contributed by atoms with Crippen LogP contribution in [0.5, 0.6) is 0 Å². The van der Waals surface area contributed by atoms with Crippen LogP contribution < -0.4 is 0 Å². The van der Waals surface area contributed by atoms with Crippen molar-refractivity contribution in [1.29, 1.82) is 0 Å². The Morgan fingerprint density at radius 2 is 1.34 bits per heavy atom. The van der Waals surface area contributed by atoms with Gasteiger partial charge >= 0.3 is 24.9 Å². The second-order valence-electron chi connectivity index (χ2n) is 20.8. The van der Waals surface area contributed by atoms with E-state index in [0.717, 1.165) is 0 Å². The zero-order valence-corrected chi connectivity index (χ0v) is 38.0. The molecule has 2 N–H and O–H groups in total. The lowest BCUT2D eigenvalue weighted by atomic mass is 9.73. The molecule has 0 aromatic heterocycles. The molecule has 0 radical (unpaired) electrons. The fraction of sp³-hybridized carbons (Fsp3) is 0.889. The standard InChI is InChI=1S/C45H72BO15/c1-25(2)23-37(49)53-28(5)31-16-12-11-13-17-33(47)42(7,8)35-21-19-27(4)45(56-35)39-41(51)55-32-24-30(52-29(32)6)15-14-18-34(48)43(9,10)36-22-20-26(3)44(57-36)38(40(50)54-31)58-46(59-39,60-44)61-45/h11-12,25-36,38-39,47-48H,13-24H2,1-10H3/q-1/b12-11-/t26-,27-,28-,29-,30-,31+,32+,33+,34-,35+,36+,38+,39+,44+,45+,46?/m1/s1. The van der Waals surface area contributed by atoms with Crippen molar-refractivity contribution in [1.82, 2.24) is 0 Å². The van der Waals surface area contributed by atoms with Crippen LogP contribution in [0.2, 0.25) is 0 Å². The molecule has 0 aliphatic carbocycles. The number of rotatable bonds is 4. The van der Waals surface area contributed by atoms with Crippen LogP contribution in [0, 0.1) is 28.6 Å². The van der Waals surface area contributed by atoms with E-state index in [4.69, 9.17) is 47.0 Å². The molecule has 1 unspecified atom stereocenters. The van der Waals surface area contributed by atoms with E-state index in [-0.39, 0.29) is 24.9 Å². The maximum absolute atomic E-state index is 15.0. The number of cyclic esters (lactones) is 1. The normalized spacial score (nSPS) is 46.3. The van der Waals surface area contributed by atoms with Gasteiger partial charge in [0.1, 0.15) is 18.3 Å². The highest BCUT2D eigenvalue weighted by Crippen LogP contribution is 2.57. The Balaban J connectivity index is 1.36.